The molecule has 2 rings (SSSR count). The van der Waals surface area contributed by atoms with Gasteiger partial charge in [0.05, 0.1) is 12.5 Å². The largest absolute Gasteiger partial charge is 0.383 e. The van der Waals surface area contributed by atoms with Crippen LogP contribution in [-0.4, -0.2) is 49.6 Å². The van der Waals surface area contributed by atoms with Gasteiger partial charge < -0.3 is 15.0 Å². The van der Waals surface area contributed by atoms with E-state index >= 15 is 0 Å². The van der Waals surface area contributed by atoms with Crippen molar-refractivity contribution in [1.82, 2.24) is 10.2 Å². The summed E-state index contributed by atoms with van der Waals surface area (Å²) in [5, 5.41) is 2.81. The fourth-order valence-corrected chi connectivity index (χ4v) is 2.81. The van der Waals surface area contributed by atoms with Crippen LogP contribution in [0.2, 0.25) is 0 Å². The van der Waals surface area contributed by atoms with Crippen LogP contribution in [0, 0.1) is 11.7 Å². The summed E-state index contributed by atoms with van der Waals surface area (Å²) in [7, 11) is 1.58. The number of halogens is 1. The highest BCUT2D eigenvalue weighted by atomic mass is 19.1. The molecule has 0 aromatic heterocycles. The number of hydrogen-bond donors (Lipinski definition) is 1. The second-order valence-corrected chi connectivity index (χ2v) is 5.87. The van der Waals surface area contributed by atoms with Crippen molar-refractivity contribution in [2.75, 3.05) is 26.8 Å². The molecule has 1 aliphatic rings. The van der Waals surface area contributed by atoms with Gasteiger partial charge in [-0.1, -0.05) is 6.07 Å². The van der Waals surface area contributed by atoms with Crippen LogP contribution in [0.3, 0.4) is 0 Å². The van der Waals surface area contributed by atoms with Crippen molar-refractivity contribution in [3.8, 4) is 0 Å². The summed E-state index contributed by atoms with van der Waals surface area (Å²) < 4.78 is 18.2. The number of nitrogens with one attached hydrogen (secondary N) is 1. The molecule has 0 aliphatic carbocycles. The van der Waals surface area contributed by atoms with E-state index in [0.717, 1.165) is 12.8 Å². The first-order chi connectivity index (χ1) is 11.0. The minimum Gasteiger partial charge on any atom is -0.383 e. The first-order valence-corrected chi connectivity index (χ1v) is 7.86. The molecule has 1 fully saturated rings. The van der Waals surface area contributed by atoms with Gasteiger partial charge in [-0.25, -0.2) is 4.39 Å². The molecular formula is C17H23FN2O3. The average Bonchev–Trinajstić information content (AvgIpc) is 2.54. The zero-order valence-corrected chi connectivity index (χ0v) is 13.5. The number of likely N-dealkylation sites (tertiary alicyclic amines) is 1. The molecular weight excluding hydrogens is 299 g/mol. The third-order valence-electron chi connectivity index (χ3n) is 4.19. The van der Waals surface area contributed by atoms with Gasteiger partial charge in [-0.2, -0.15) is 0 Å². The Kier molecular flexibility index (Phi) is 6.10. The standard InChI is InChI=1S/C17H23FN2O3/c1-12-6-7-14(16(21)19-8-9-23-2)11-20(12)17(22)13-4-3-5-15(18)10-13/h3-5,10,12,14H,6-9,11H2,1-2H3,(H,19,21)/t12-,14-/m0/s1. The number of nitrogens with zero attached hydrogens (tertiary/aromatic N) is 1. The number of carbonyl (C=O) groups excluding carboxylic acids is 2. The van der Waals surface area contributed by atoms with Crippen molar-refractivity contribution >= 4 is 11.8 Å². The number of carbonyl (C=O) groups is 2. The Balaban J connectivity index is 2.03. The van der Waals surface area contributed by atoms with E-state index < -0.39 is 5.82 Å². The summed E-state index contributed by atoms with van der Waals surface area (Å²) in [5.41, 5.74) is 0.317. The van der Waals surface area contributed by atoms with Crippen LogP contribution in [0.1, 0.15) is 30.1 Å². The molecule has 2 amide bonds. The zero-order chi connectivity index (χ0) is 16.8. The Morgan fingerprint density at radius 2 is 2.17 bits per heavy atom. The molecule has 1 N–H and O–H groups in total. The lowest BCUT2D eigenvalue weighted by atomic mass is 9.92. The lowest BCUT2D eigenvalue weighted by molar-refractivity contribution is -0.126. The summed E-state index contributed by atoms with van der Waals surface area (Å²) >= 11 is 0. The molecule has 1 heterocycles. The highest BCUT2D eigenvalue weighted by Crippen LogP contribution is 2.24. The van der Waals surface area contributed by atoms with Crippen LogP contribution in [0.15, 0.2) is 24.3 Å². The smallest absolute Gasteiger partial charge is 0.254 e. The fraction of sp³-hybridized carbons (Fsp3) is 0.529. The summed E-state index contributed by atoms with van der Waals surface area (Å²) in [6, 6.07) is 5.69. The molecule has 1 aromatic carbocycles. The molecule has 0 unspecified atom stereocenters. The van der Waals surface area contributed by atoms with Crippen LogP contribution >= 0.6 is 0 Å². The van der Waals surface area contributed by atoms with E-state index in [1.165, 1.54) is 18.2 Å². The molecule has 0 saturated carbocycles. The lowest BCUT2D eigenvalue weighted by Gasteiger charge is -2.37. The number of amides is 2. The number of methoxy groups -OCH3 is 1. The summed E-state index contributed by atoms with van der Waals surface area (Å²) in [5.74, 6) is -0.965. The Bertz CT molecular complexity index is 565. The summed E-state index contributed by atoms with van der Waals surface area (Å²) in [4.78, 5) is 26.4. The first-order valence-electron chi connectivity index (χ1n) is 7.86. The molecule has 0 bridgehead atoms. The predicted molar refractivity (Wildman–Crippen MR) is 84.5 cm³/mol. The molecule has 2 atom stereocenters. The van der Waals surface area contributed by atoms with Gasteiger partial charge in [0.15, 0.2) is 0 Å². The van der Waals surface area contributed by atoms with Crippen LogP contribution in [-0.2, 0) is 9.53 Å². The molecule has 1 aromatic rings. The number of piperidine rings is 1. The number of ether oxygens (including phenoxy) is 1. The molecule has 0 radical (unpaired) electrons. The zero-order valence-electron chi connectivity index (χ0n) is 13.5. The molecule has 23 heavy (non-hydrogen) atoms. The molecule has 5 nitrogen and oxygen atoms in total. The van der Waals surface area contributed by atoms with E-state index in [0.29, 0.717) is 25.3 Å². The monoisotopic (exact) mass is 322 g/mol. The van der Waals surface area contributed by atoms with Gasteiger partial charge in [-0.15, -0.1) is 0 Å². The summed E-state index contributed by atoms with van der Waals surface area (Å²) in [6.45, 7) is 3.23. The molecule has 6 heteroatoms. The second-order valence-electron chi connectivity index (χ2n) is 5.87. The molecule has 126 valence electrons. The van der Waals surface area contributed by atoms with Gasteiger partial charge in [0, 0.05) is 31.8 Å². The van der Waals surface area contributed by atoms with Crippen molar-refractivity contribution in [3.63, 3.8) is 0 Å². The Morgan fingerprint density at radius 3 is 2.87 bits per heavy atom. The van der Waals surface area contributed by atoms with E-state index in [4.69, 9.17) is 4.74 Å². The van der Waals surface area contributed by atoms with E-state index in [-0.39, 0.29) is 23.8 Å². The highest BCUT2D eigenvalue weighted by Gasteiger charge is 2.33. The lowest BCUT2D eigenvalue weighted by Crippen LogP contribution is -2.49. The van der Waals surface area contributed by atoms with Gasteiger partial charge >= 0.3 is 0 Å². The summed E-state index contributed by atoms with van der Waals surface area (Å²) in [6.07, 6.45) is 1.50. The second kappa shape index (κ2) is 8.06. The van der Waals surface area contributed by atoms with Crippen molar-refractivity contribution in [3.05, 3.63) is 35.6 Å². The Hall–Kier alpha value is -1.95. The molecule has 1 saturated heterocycles. The Labute approximate surface area is 135 Å². The minimum atomic E-state index is -0.436. The van der Waals surface area contributed by atoms with Crippen molar-refractivity contribution in [1.29, 1.82) is 0 Å². The maximum absolute atomic E-state index is 13.3. The van der Waals surface area contributed by atoms with Crippen LogP contribution in [0.4, 0.5) is 4.39 Å². The predicted octanol–water partition coefficient (Wildman–Crippen LogP) is 1.83. The quantitative estimate of drug-likeness (QED) is 0.842. The number of benzene rings is 1. The third-order valence-corrected chi connectivity index (χ3v) is 4.19. The van der Waals surface area contributed by atoms with Crippen molar-refractivity contribution in [2.45, 2.75) is 25.8 Å². The molecule has 0 spiro atoms. The van der Waals surface area contributed by atoms with Crippen LogP contribution < -0.4 is 5.32 Å². The van der Waals surface area contributed by atoms with Crippen molar-refractivity contribution in [2.24, 2.45) is 5.92 Å². The van der Waals surface area contributed by atoms with Crippen LogP contribution in [0.25, 0.3) is 0 Å². The molecule has 1 aliphatic heterocycles. The first kappa shape index (κ1) is 17.4. The van der Waals surface area contributed by atoms with Gasteiger partial charge in [-0.3, -0.25) is 9.59 Å². The SMILES string of the molecule is COCCNC(=O)[C@H]1CC[C@H](C)N(C(=O)c2cccc(F)c2)C1. The maximum atomic E-state index is 13.3. The van der Waals surface area contributed by atoms with E-state index in [1.807, 2.05) is 6.92 Å². The number of rotatable bonds is 5. The average molecular weight is 322 g/mol. The van der Waals surface area contributed by atoms with E-state index in [2.05, 4.69) is 5.32 Å². The van der Waals surface area contributed by atoms with Gasteiger partial charge in [0.1, 0.15) is 5.82 Å². The maximum Gasteiger partial charge on any atom is 0.254 e. The number of hydrogen-bond acceptors (Lipinski definition) is 3. The van der Waals surface area contributed by atoms with Gasteiger partial charge in [0.2, 0.25) is 5.91 Å². The van der Waals surface area contributed by atoms with Crippen molar-refractivity contribution < 1.29 is 18.7 Å². The normalized spacial score (nSPS) is 21.1. The third kappa shape index (κ3) is 4.51. The Morgan fingerprint density at radius 1 is 1.39 bits per heavy atom. The topological polar surface area (TPSA) is 58.6 Å². The fourth-order valence-electron chi connectivity index (χ4n) is 2.81. The van der Waals surface area contributed by atoms with Gasteiger partial charge in [0.25, 0.3) is 5.91 Å². The van der Waals surface area contributed by atoms with E-state index in [1.54, 1.807) is 18.1 Å². The highest BCUT2D eigenvalue weighted by molar-refractivity contribution is 5.95. The van der Waals surface area contributed by atoms with Gasteiger partial charge in [-0.05, 0) is 38.0 Å². The minimum absolute atomic E-state index is 0.0359. The van der Waals surface area contributed by atoms with E-state index in [9.17, 15) is 14.0 Å². The van der Waals surface area contributed by atoms with Crippen LogP contribution in [0.5, 0.6) is 0 Å².